The minimum Gasteiger partial charge on any atom is -0.297 e. The lowest BCUT2D eigenvalue weighted by Crippen LogP contribution is -1.99. The smallest absolute Gasteiger partial charge is 0.273 e. The minimum absolute atomic E-state index is 0.253. The van der Waals surface area contributed by atoms with Crippen LogP contribution in [0.5, 0.6) is 0 Å². The van der Waals surface area contributed by atoms with Crippen LogP contribution in [0.4, 0.5) is 10.1 Å². The molecule has 3 rings (SSSR count). The largest absolute Gasteiger partial charge is 0.297 e. The van der Waals surface area contributed by atoms with Gasteiger partial charge in [-0.15, -0.1) is 0 Å². The maximum atomic E-state index is 13.5. The highest BCUT2D eigenvalue weighted by atomic mass is 32.1. The topological polar surface area (TPSA) is 76.8 Å². The van der Waals surface area contributed by atoms with Crippen molar-refractivity contribution in [2.24, 2.45) is 0 Å². The second kappa shape index (κ2) is 4.23. The van der Waals surface area contributed by atoms with E-state index in [4.69, 9.17) is 12.2 Å². The molecule has 1 heterocycles. The first-order valence-electron chi connectivity index (χ1n) is 5.68. The number of aromatic nitrogens is 3. The Morgan fingerprint density at radius 2 is 2.21 bits per heavy atom. The van der Waals surface area contributed by atoms with Crippen LogP contribution in [0.1, 0.15) is 18.9 Å². The zero-order valence-corrected chi connectivity index (χ0v) is 10.5. The van der Waals surface area contributed by atoms with Crippen LogP contribution in [0.25, 0.3) is 11.4 Å². The van der Waals surface area contributed by atoms with Gasteiger partial charge in [0.1, 0.15) is 5.82 Å². The number of nitrogens with zero attached hydrogens (tertiary/aromatic N) is 3. The Balaban J connectivity index is 2.16. The summed E-state index contributed by atoms with van der Waals surface area (Å²) < 4.78 is 15.7. The first-order valence-corrected chi connectivity index (χ1v) is 6.09. The highest BCUT2D eigenvalue weighted by molar-refractivity contribution is 7.71. The molecule has 1 aromatic carbocycles. The Labute approximate surface area is 112 Å². The molecule has 0 saturated heterocycles. The van der Waals surface area contributed by atoms with Crippen molar-refractivity contribution < 1.29 is 9.31 Å². The summed E-state index contributed by atoms with van der Waals surface area (Å²) in [4.78, 5) is 10.1. The summed E-state index contributed by atoms with van der Waals surface area (Å²) >= 11 is 5.12. The van der Waals surface area contributed by atoms with Crippen LogP contribution in [0.15, 0.2) is 18.2 Å². The first-order chi connectivity index (χ1) is 9.06. The number of aromatic amines is 1. The van der Waals surface area contributed by atoms with Gasteiger partial charge in [-0.05, 0) is 31.1 Å². The van der Waals surface area contributed by atoms with Crippen molar-refractivity contribution in [1.82, 2.24) is 14.8 Å². The fourth-order valence-electron chi connectivity index (χ4n) is 1.99. The standard InChI is InChI=1S/C11H9FN4O2S/c12-7-3-6(4-9(5-7)16(17)18)10-13-14-11(19)15(10)8-1-2-8/h3-5,8H,1-2H2,(H,14,19). The predicted octanol–water partition coefficient (Wildman–Crippen LogP) is 2.99. The van der Waals surface area contributed by atoms with Crippen LogP contribution in [0.3, 0.4) is 0 Å². The summed E-state index contributed by atoms with van der Waals surface area (Å²) in [5.74, 6) is -0.226. The third-order valence-corrected chi connectivity index (χ3v) is 3.26. The molecule has 1 N–H and O–H groups in total. The van der Waals surface area contributed by atoms with E-state index in [1.54, 1.807) is 4.57 Å². The lowest BCUT2D eigenvalue weighted by Gasteiger charge is -2.05. The third-order valence-electron chi connectivity index (χ3n) is 2.97. The quantitative estimate of drug-likeness (QED) is 0.532. The summed E-state index contributed by atoms with van der Waals surface area (Å²) in [5, 5.41) is 17.5. The van der Waals surface area contributed by atoms with E-state index in [2.05, 4.69) is 10.2 Å². The van der Waals surface area contributed by atoms with Crippen LogP contribution < -0.4 is 0 Å². The van der Waals surface area contributed by atoms with Gasteiger partial charge >= 0.3 is 0 Å². The number of hydrogen-bond donors (Lipinski definition) is 1. The average Bonchev–Trinajstić information content (AvgIpc) is 3.11. The summed E-state index contributed by atoms with van der Waals surface area (Å²) in [6.07, 6.45) is 1.97. The van der Waals surface area contributed by atoms with Crippen LogP contribution in [0, 0.1) is 20.7 Å². The van der Waals surface area contributed by atoms with Gasteiger partial charge in [-0.2, -0.15) is 5.10 Å². The molecule has 0 aliphatic heterocycles. The zero-order valence-electron chi connectivity index (χ0n) is 9.67. The van der Waals surface area contributed by atoms with Crippen LogP contribution in [-0.2, 0) is 0 Å². The van der Waals surface area contributed by atoms with Crippen molar-refractivity contribution in [2.75, 3.05) is 0 Å². The Kier molecular flexibility index (Phi) is 2.67. The lowest BCUT2D eigenvalue weighted by molar-refractivity contribution is -0.385. The zero-order chi connectivity index (χ0) is 13.6. The first kappa shape index (κ1) is 12.0. The highest BCUT2D eigenvalue weighted by Crippen LogP contribution is 2.38. The van der Waals surface area contributed by atoms with E-state index >= 15 is 0 Å². The fourth-order valence-corrected chi connectivity index (χ4v) is 2.27. The number of rotatable bonds is 3. The van der Waals surface area contributed by atoms with Gasteiger partial charge in [-0.1, -0.05) is 0 Å². The van der Waals surface area contributed by atoms with E-state index in [1.807, 2.05) is 0 Å². The number of hydrogen-bond acceptors (Lipinski definition) is 4. The predicted molar refractivity (Wildman–Crippen MR) is 67.7 cm³/mol. The number of H-pyrrole nitrogens is 1. The van der Waals surface area contributed by atoms with Crippen LogP contribution in [0.2, 0.25) is 0 Å². The molecule has 6 nitrogen and oxygen atoms in total. The lowest BCUT2D eigenvalue weighted by atomic mass is 10.2. The average molecular weight is 280 g/mol. The van der Waals surface area contributed by atoms with Gasteiger partial charge in [-0.25, -0.2) is 4.39 Å². The van der Waals surface area contributed by atoms with Crippen molar-refractivity contribution >= 4 is 17.9 Å². The van der Waals surface area contributed by atoms with Crippen LogP contribution in [-0.4, -0.2) is 19.7 Å². The summed E-state index contributed by atoms with van der Waals surface area (Å²) in [6.45, 7) is 0. The molecule has 1 saturated carbocycles. The molecule has 2 aromatic rings. The molecular weight excluding hydrogens is 271 g/mol. The Bertz CT molecular complexity index is 720. The van der Waals surface area contributed by atoms with Crippen molar-refractivity contribution in [1.29, 1.82) is 0 Å². The number of benzene rings is 1. The minimum atomic E-state index is -0.666. The Morgan fingerprint density at radius 1 is 1.47 bits per heavy atom. The molecule has 0 amide bonds. The van der Waals surface area contributed by atoms with Crippen LogP contribution >= 0.6 is 12.2 Å². The van der Waals surface area contributed by atoms with E-state index in [0.717, 1.165) is 18.9 Å². The van der Waals surface area contributed by atoms with Gasteiger partial charge in [-0.3, -0.25) is 19.8 Å². The molecule has 0 atom stereocenters. The Morgan fingerprint density at radius 3 is 2.84 bits per heavy atom. The van der Waals surface area contributed by atoms with E-state index in [1.165, 1.54) is 12.1 Å². The van der Waals surface area contributed by atoms with E-state index in [-0.39, 0.29) is 11.7 Å². The molecule has 0 spiro atoms. The second-order valence-electron chi connectivity index (χ2n) is 4.41. The van der Waals surface area contributed by atoms with Gasteiger partial charge in [0.25, 0.3) is 5.69 Å². The molecule has 98 valence electrons. The molecule has 0 bridgehead atoms. The SMILES string of the molecule is O=[N+]([O-])c1cc(F)cc(-c2n[nH]c(=S)n2C2CC2)c1. The van der Waals surface area contributed by atoms with Crippen molar-refractivity contribution in [3.63, 3.8) is 0 Å². The number of nitro groups is 1. The number of non-ortho nitro benzene ring substituents is 1. The summed E-state index contributed by atoms with van der Waals surface area (Å²) in [7, 11) is 0. The van der Waals surface area contributed by atoms with E-state index < -0.39 is 10.7 Å². The molecule has 1 aliphatic rings. The maximum Gasteiger partial charge on any atom is 0.273 e. The number of nitro benzene ring substituents is 1. The molecule has 0 unspecified atom stereocenters. The highest BCUT2D eigenvalue weighted by Gasteiger charge is 2.28. The van der Waals surface area contributed by atoms with Gasteiger partial charge in [0, 0.05) is 17.7 Å². The van der Waals surface area contributed by atoms with Crippen molar-refractivity contribution in [3.8, 4) is 11.4 Å². The molecule has 8 heteroatoms. The Hall–Kier alpha value is -2.09. The monoisotopic (exact) mass is 280 g/mol. The normalized spacial score (nSPS) is 14.6. The van der Waals surface area contributed by atoms with Gasteiger partial charge in [0.2, 0.25) is 0 Å². The fraction of sp³-hybridized carbons (Fsp3) is 0.273. The molecule has 1 aliphatic carbocycles. The molecule has 1 fully saturated rings. The molecule has 0 radical (unpaired) electrons. The van der Waals surface area contributed by atoms with Crippen molar-refractivity contribution in [3.05, 3.63) is 38.9 Å². The molecule has 19 heavy (non-hydrogen) atoms. The maximum absolute atomic E-state index is 13.5. The second-order valence-corrected chi connectivity index (χ2v) is 4.80. The third kappa shape index (κ3) is 2.14. The van der Waals surface area contributed by atoms with Gasteiger partial charge in [0.05, 0.1) is 11.0 Å². The van der Waals surface area contributed by atoms with Crippen molar-refractivity contribution in [2.45, 2.75) is 18.9 Å². The summed E-state index contributed by atoms with van der Waals surface area (Å²) in [6, 6.07) is 3.65. The molecular formula is C11H9FN4O2S. The van der Waals surface area contributed by atoms with E-state index in [9.17, 15) is 14.5 Å². The van der Waals surface area contributed by atoms with Gasteiger partial charge in [0.15, 0.2) is 10.6 Å². The van der Waals surface area contributed by atoms with E-state index in [0.29, 0.717) is 16.2 Å². The molecule has 1 aromatic heterocycles. The number of halogens is 1. The van der Waals surface area contributed by atoms with Gasteiger partial charge < -0.3 is 0 Å². The summed E-state index contributed by atoms with van der Waals surface area (Å²) in [5.41, 5.74) is 0.0530. The number of nitrogens with one attached hydrogen (secondary N) is 1.